The van der Waals surface area contributed by atoms with Crippen molar-refractivity contribution in [1.29, 1.82) is 0 Å². The molecule has 0 unspecified atom stereocenters. The van der Waals surface area contributed by atoms with Gasteiger partial charge in [-0.25, -0.2) is 54.3 Å². The molecule has 7 rings (SSSR count). The van der Waals surface area contributed by atoms with Crippen LogP contribution >= 0.6 is 0 Å². The number of ether oxygens (including phenoxy) is 2. The molecule has 0 aliphatic carbocycles. The van der Waals surface area contributed by atoms with Crippen molar-refractivity contribution in [2.75, 3.05) is 13.1 Å². The van der Waals surface area contributed by atoms with Gasteiger partial charge in [0.05, 0.1) is 23.5 Å². The molecule has 6 heterocycles. The summed E-state index contributed by atoms with van der Waals surface area (Å²) in [6.07, 6.45) is 6.54. The molecule has 6 amide bonds. The minimum absolute atomic E-state index is 0.0445. The van der Waals surface area contributed by atoms with E-state index in [9.17, 15) is 34.0 Å². The van der Waals surface area contributed by atoms with Gasteiger partial charge in [0.25, 0.3) is 11.8 Å². The van der Waals surface area contributed by atoms with Gasteiger partial charge in [-0.1, -0.05) is 30.3 Å². The molecule has 4 saturated heterocycles. The van der Waals surface area contributed by atoms with E-state index in [-0.39, 0.29) is 37.9 Å². The number of fused-ring (bicyclic) bond motifs is 4. The van der Waals surface area contributed by atoms with Crippen LogP contribution in [0.3, 0.4) is 0 Å². The molecule has 0 radical (unpaired) electrons. The first kappa shape index (κ1) is 44.5. The maximum absolute atomic E-state index is 12.8. The minimum Gasteiger partial charge on any atom is -0.443 e. The first-order valence-corrected chi connectivity index (χ1v) is 19.8. The van der Waals surface area contributed by atoms with E-state index in [0.717, 1.165) is 5.56 Å². The van der Waals surface area contributed by atoms with Gasteiger partial charge in [-0.15, -0.1) is 0 Å². The molecule has 4 atom stereocenters. The van der Waals surface area contributed by atoms with Gasteiger partial charge >= 0.3 is 24.2 Å². The molecule has 22 heteroatoms. The number of hydrogen-bond donors (Lipinski definition) is 3. The second-order valence-corrected chi connectivity index (χ2v) is 16.8. The average Bonchev–Trinajstić information content (AvgIpc) is 3.98. The van der Waals surface area contributed by atoms with Gasteiger partial charge in [-0.3, -0.25) is 29.3 Å². The van der Waals surface area contributed by atoms with Crippen molar-refractivity contribution >= 4 is 36.1 Å². The Bertz CT molecular complexity index is 2060. The Morgan fingerprint density at radius 2 is 1.16 bits per heavy atom. The Morgan fingerprint density at radius 3 is 1.67 bits per heavy atom. The second-order valence-electron chi connectivity index (χ2n) is 16.8. The fourth-order valence-electron chi connectivity index (χ4n) is 6.92. The average molecular weight is 853 g/mol. The number of imidazole rings is 2. The zero-order valence-corrected chi connectivity index (χ0v) is 34.9. The summed E-state index contributed by atoms with van der Waals surface area (Å²) in [5, 5.41) is 11.7. The van der Waals surface area contributed by atoms with Crippen LogP contribution in [-0.4, -0.2) is 129 Å². The molecule has 4 aliphatic heterocycles. The third-order valence-corrected chi connectivity index (χ3v) is 9.75. The minimum atomic E-state index is -0.690. The number of urea groups is 2. The molecule has 61 heavy (non-hydrogen) atoms. The molecule has 3 N–H and O–H groups in total. The van der Waals surface area contributed by atoms with E-state index in [0.29, 0.717) is 55.2 Å². The van der Waals surface area contributed by atoms with Crippen LogP contribution in [0.5, 0.6) is 0 Å². The number of nitrogens with zero attached hydrogens (tertiary/aromatic N) is 8. The van der Waals surface area contributed by atoms with Crippen molar-refractivity contribution in [3.63, 3.8) is 0 Å². The zero-order chi connectivity index (χ0) is 44.1. The van der Waals surface area contributed by atoms with Crippen LogP contribution in [0, 0.1) is 0 Å². The summed E-state index contributed by atoms with van der Waals surface area (Å²) in [4.78, 5) is 101. The summed E-state index contributed by atoms with van der Waals surface area (Å²) >= 11 is 0. The highest BCUT2D eigenvalue weighted by Crippen LogP contribution is 2.31. The van der Waals surface area contributed by atoms with Crippen LogP contribution in [0.2, 0.25) is 0 Å². The predicted molar refractivity (Wildman–Crippen MR) is 208 cm³/mol. The van der Waals surface area contributed by atoms with E-state index in [1.54, 1.807) is 41.5 Å². The molecule has 1 aromatic carbocycles. The number of nitrogens with one attached hydrogen (secondary N) is 2. The number of carbonyl (C=O) groups is 6. The molecule has 4 bridgehead atoms. The Hall–Kier alpha value is -6.10. The van der Waals surface area contributed by atoms with Gasteiger partial charge in [-0.05, 0) is 72.8 Å². The van der Waals surface area contributed by atoms with Crippen LogP contribution in [0.4, 0.5) is 19.2 Å². The van der Waals surface area contributed by atoms with Crippen molar-refractivity contribution in [2.24, 2.45) is 0 Å². The highest BCUT2D eigenvalue weighted by Gasteiger charge is 2.48. The van der Waals surface area contributed by atoms with Crippen LogP contribution < -0.4 is 11.0 Å². The topological polar surface area (TPSA) is 241 Å². The molecule has 3 aromatic rings. The lowest BCUT2D eigenvalue weighted by atomic mass is 10.0. The Morgan fingerprint density at radius 1 is 0.689 bits per heavy atom. The number of amides is 6. The first-order chi connectivity index (χ1) is 28.9. The first-order valence-electron chi connectivity index (χ1n) is 19.8. The highest BCUT2D eigenvalue weighted by atomic mass is 16.7. The number of rotatable bonds is 11. The number of carbonyl (C=O) groups excluding carboxylic acids is 6. The quantitative estimate of drug-likeness (QED) is 0.185. The Balaban J connectivity index is 0.000000210. The van der Waals surface area contributed by atoms with Gasteiger partial charge < -0.3 is 19.3 Å². The van der Waals surface area contributed by atoms with Gasteiger partial charge in [-0.2, -0.15) is 5.06 Å². The number of aromatic nitrogens is 4. The molecule has 4 fully saturated rings. The molecular formula is C39H52N10O12. The molecular weight excluding hydrogens is 800 g/mol. The fourth-order valence-corrected chi connectivity index (χ4v) is 6.92. The predicted octanol–water partition coefficient (Wildman–Crippen LogP) is 3.49. The number of hydroxylamine groups is 6. The van der Waals surface area contributed by atoms with E-state index < -0.39 is 53.3 Å². The summed E-state index contributed by atoms with van der Waals surface area (Å²) in [5.74, 6) is -0.882. The van der Waals surface area contributed by atoms with Gasteiger partial charge in [0.15, 0.2) is 0 Å². The van der Waals surface area contributed by atoms with Crippen LogP contribution in [0.15, 0.2) is 55.4 Å². The van der Waals surface area contributed by atoms with Crippen LogP contribution in [0.25, 0.3) is 0 Å². The Labute approximate surface area is 351 Å². The van der Waals surface area contributed by atoms with Crippen molar-refractivity contribution in [3.8, 4) is 0 Å². The molecule has 330 valence electrons. The van der Waals surface area contributed by atoms with Crippen molar-refractivity contribution in [1.82, 2.24) is 50.0 Å². The molecule has 2 aromatic heterocycles. The van der Waals surface area contributed by atoms with Crippen molar-refractivity contribution < 1.29 is 58.0 Å². The van der Waals surface area contributed by atoms with Crippen molar-refractivity contribution in [2.45, 2.75) is 122 Å². The monoisotopic (exact) mass is 852 g/mol. The lowest BCUT2D eigenvalue weighted by Gasteiger charge is -2.28. The fraction of sp³-hybridized carbons (Fsp3) is 0.538. The number of benzene rings is 1. The maximum atomic E-state index is 12.8. The molecule has 4 aliphatic rings. The standard InChI is InChI=1S/C23H29N5O6.C16H23N5O6/c1-23(2,3)34-22(31)26-11-17(24-15-26)14-32-25-20(29)19-10-9-18-12-27(19)21(30)28(18)33-13-16-7-5-4-6-8-16;1-16(2,3)27-15(24)19-6-10(17-9-19)8-26-18-13(22)12-5-4-11-7-20(12)14(23)21(11)25/h4-8,11,15,18-19H,9-10,12-14H2,1-3H3,(H,25,29);6,9,11-12,25H,4-5,7-8H2,1-3H3,(H,18,22)/t18-,19+;11-,12+/m11/s1. The Kier molecular flexibility index (Phi) is 13.6. The zero-order valence-electron chi connectivity index (χ0n) is 34.9. The molecule has 0 saturated carbocycles. The van der Waals surface area contributed by atoms with E-state index in [4.69, 9.17) is 24.0 Å². The third-order valence-electron chi connectivity index (χ3n) is 9.75. The van der Waals surface area contributed by atoms with E-state index >= 15 is 0 Å². The van der Waals surface area contributed by atoms with Gasteiger partial charge in [0, 0.05) is 25.5 Å². The van der Waals surface area contributed by atoms with E-state index in [1.807, 2.05) is 30.3 Å². The summed E-state index contributed by atoms with van der Waals surface area (Å²) < 4.78 is 12.9. The molecule has 0 spiro atoms. The lowest BCUT2D eigenvalue weighted by Crippen LogP contribution is -2.49. The summed E-state index contributed by atoms with van der Waals surface area (Å²) in [6, 6.07) is 7.01. The lowest BCUT2D eigenvalue weighted by molar-refractivity contribution is -0.141. The van der Waals surface area contributed by atoms with Gasteiger partial charge in [0.2, 0.25) is 0 Å². The van der Waals surface area contributed by atoms with Crippen LogP contribution in [-0.2, 0) is 53.4 Å². The van der Waals surface area contributed by atoms with Crippen molar-refractivity contribution in [3.05, 3.63) is 72.3 Å². The summed E-state index contributed by atoms with van der Waals surface area (Å²) in [5.41, 5.74) is 5.27. The SMILES string of the molecule is CC(C)(C)OC(=O)n1cnc(CONC(=O)[C@@H]2CC[C@@H]3CN2C(=O)N3O)c1.CC(C)(C)OC(=O)n1cnc(CONC(=O)[C@@H]2CC[C@@H]3CN2C(=O)N3OCc2ccccc2)c1. The third kappa shape index (κ3) is 11.4. The maximum Gasteiger partial charge on any atom is 0.419 e. The number of hydrogen-bond acceptors (Lipinski definition) is 14. The normalized spacial score (nSPS) is 20.9. The summed E-state index contributed by atoms with van der Waals surface area (Å²) in [6.45, 7) is 11.5. The van der Waals surface area contributed by atoms with Gasteiger partial charge in [0.1, 0.15) is 55.8 Å². The summed E-state index contributed by atoms with van der Waals surface area (Å²) in [7, 11) is 0. The number of piperidine rings is 2. The largest absolute Gasteiger partial charge is 0.443 e. The van der Waals surface area contributed by atoms with Crippen LogP contribution in [0.1, 0.15) is 84.2 Å². The van der Waals surface area contributed by atoms with E-state index in [1.165, 1.54) is 49.0 Å². The smallest absolute Gasteiger partial charge is 0.419 e. The second kappa shape index (κ2) is 18.7. The molecule has 22 nitrogen and oxygen atoms in total. The van der Waals surface area contributed by atoms with E-state index in [2.05, 4.69) is 20.9 Å². The highest BCUT2D eigenvalue weighted by molar-refractivity contribution is 5.88.